The van der Waals surface area contributed by atoms with Crippen molar-refractivity contribution < 1.29 is 0 Å². The molecule has 0 aliphatic heterocycles. The van der Waals surface area contributed by atoms with E-state index >= 15 is 0 Å². The summed E-state index contributed by atoms with van der Waals surface area (Å²) in [5, 5.41) is 0.755. The molecule has 0 aliphatic carbocycles. The molecule has 0 saturated heterocycles. The summed E-state index contributed by atoms with van der Waals surface area (Å²) in [5.41, 5.74) is 2.12. The molecule has 0 aliphatic rings. The molecule has 2 rings (SSSR count). The fraction of sp³-hybridized carbons (Fsp3) is 0.462. The molecule has 0 spiro atoms. The first-order valence-electron chi connectivity index (χ1n) is 5.96. The Balaban J connectivity index is 2.36. The number of alkyl halides is 1. The lowest BCUT2D eigenvalue weighted by Crippen LogP contribution is -2.05. The van der Waals surface area contributed by atoms with Gasteiger partial charge in [0.1, 0.15) is 5.82 Å². The lowest BCUT2D eigenvalue weighted by Gasteiger charge is -2.08. The number of rotatable bonds is 6. The van der Waals surface area contributed by atoms with Gasteiger partial charge in [-0.25, -0.2) is 4.98 Å². The molecule has 0 unspecified atom stereocenters. The molecule has 0 saturated carbocycles. The topological polar surface area (TPSA) is 17.8 Å². The first-order chi connectivity index (χ1) is 8.76. The largest absolute Gasteiger partial charge is 0.328 e. The molecule has 5 heteroatoms. The maximum Gasteiger partial charge on any atom is 0.111 e. The normalized spacial score (nSPS) is 11.3. The van der Waals surface area contributed by atoms with Gasteiger partial charge in [-0.05, 0) is 36.6 Å². The highest BCUT2D eigenvalue weighted by atomic mass is 35.5. The minimum atomic E-state index is 0.597. The Labute approximate surface area is 122 Å². The summed E-state index contributed by atoms with van der Waals surface area (Å²) < 4.78 is 2.25. The number of hydrogen-bond donors (Lipinski definition) is 0. The second-order valence-electron chi connectivity index (χ2n) is 4.10. The van der Waals surface area contributed by atoms with Crippen LogP contribution < -0.4 is 0 Å². The predicted octanol–water partition coefficient (Wildman–Crippen LogP) is 4.22. The molecule has 1 heterocycles. The zero-order chi connectivity index (χ0) is 13.0. The number of benzene rings is 1. The van der Waals surface area contributed by atoms with Crippen LogP contribution in [0.4, 0.5) is 0 Å². The SMILES string of the molecule is CSCCCn1c(CCCl)nc2ccc(Cl)cc21. The van der Waals surface area contributed by atoms with Crippen LogP contribution in [0, 0.1) is 0 Å². The van der Waals surface area contributed by atoms with E-state index in [0.717, 1.165) is 47.0 Å². The predicted molar refractivity (Wildman–Crippen MR) is 82.2 cm³/mol. The number of imidazole rings is 1. The summed E-state index contributed by atoms with van der Waals surface area (Å²) in [6.45, 7) is 0.976. The molecule has 0 atom stereocenters. The molecule has 98 valence electrons. The van der Waals surface area contributed by atoms with Crippen LogP contribution in [0.1, 0.15) is 12.2 Å². The molecule has 0 N–H and O–H groups in total. The average Bonchev–Trinajstić information content (AvgIpc) is 2.68. The Bertz CT molecular complexity index is 525. The summed E-state index contributed by atoms with van der Waals surface area (Å²) in [5.74, 6) is 2.81. The molecule has 0 radical (unpaired) electrons. The molecule has 2 nitrogen and oxygen atoms in total. The third kappa shape index (κ3) is 3.14. The number of halogens is 2. The lowest BCUT2D eigenvalue weighted by molar-refractivity contribution is 0.665. The number of thioether (sulfide) groups is 1. The summed E-state index contributed by atoms with van der Waals surface area (Å²) in [6.07, 6.45) is 4.06. The molecule has 2 aromatic rings. The van der Waals surface area contributed by atoms with Crippen molar-refractivity contribution in [2.24, 2.45) is 0 Å². The van der Waals surface area contributed by atoms with Crippen LogP contribution in [0.15, 0.2) is 18.2 Å². The smallest absolute Gasteiger partial charge is 0.111 e. The van der Waals surface area contributed by atoms with Crippen molar-refractivity contribution in [3.8, 4) is 0 Å². The van der Waals surface area contributed by atoms with E-state index in [4.69, 9.17) is 23.2 Å². The molecule has 1 aromatic heterocycles. The second-order valence-corrected chi connectivity index (χ2v) is 5.90. The Morgan fingerprint density at radius 3 is 2.94 bits per heavy atom. The monoisotopic (exact) mass is 302 g/mol. The minimum Gasteiger partial charge on any atom is -0.328 e. The first-order valence-corrected chi connectivity index (χ1v) is 8.26. The molecular weight excluding hydrogens is 287 g/mol. The summed E-state index contributed by atoms with van der Waals surface area (Å²) in [7, 11) is 0. The van der Waals surface area contributed by atoms with Crippen molar-refractivity contribution in [3.63, 3.8) is 0 Å². The summed E-state index contributed by atoms with van der Waals surface area (Å²) in [6, 6.07) is 5.84. The number of nitrogens with zero attached hydrogens (tertiary/aromatic N) is 2. The van der Waals surface area contributed by atoms with Gasteiger partial charge < -0.3 is 4.57 Å². The van der Waals surface area contributed by atoms with Crippen LogP contribution >= 0.6 is 35.0 Å². The molecule has 0 amide bonds. The van der Waals surface area contributed by atoms with Crippen LogP contribution in [0.3, 0.4) is 0 Å². The fourth-order valence-electron chi connectivity index (χ4n) is 2.04. The van der Waals surface area contributed by atoms with E-state index in [1.807, 2.05) is 30.0 Å². The minimum absolute atomic E-state index is 0.597. The quantitative estimate of drug-likeness (QED) is 0.587. The van der Waals surface area contributed by atoms with E-state index in [1.165, 1.54) is 0 Å². The molecule has 0 fully saturated rings. The molecule has 0 bridgehead atoms. The third-order valence-electron chi connectivity index (χ3n) is 2.84. The zero-order valence-electron chi connectivity index (χ0n) is 10.3. The van der Waals surface area contributed by atoms with Gasteiger partial charge in [0.2, 0.25) is 0 Å². The van der Waals surface area contributed by atoms with Gasteiger partial charge in [-0.2, -0.15) is 11.8 Å². The first kappa shape index (κ1) is 14.0. The Morgan fingerprint density at radius 2 is 2.22 bits per heavy atom. The molecule has 1 aromatic carbocycles. The van der Waals surface area contributed by atoms with Crippen LogP contribution in [0.2, 0.25) is 5.02 Å². The van der Waals surface area contributed by atoms with E-state index < -0.39 is 0 Å². The van der Waals surface area contributed by atoms with Gasteiger partial charge in [0.15, 0.2) is 0 Å². The van der Waals surface area contributed by atoms with Gasteiger partial charge >= 0.3 is 0 Å². The van der Waals surface area contributed by atoms with Crippen LogP contribution in [0.5, 0.6) is 0 Å². The lowest BCUT2D eigenvalue weighted by atomic mass is 10.3. The van der Waals surface area contributed by atoms with E-state index in [-0.39, 0.29) is 0 Å². The highest BCUT2D eigenvalue weighted by molar-refractivity contribution is 7.98. The van der Waals surface area contributed by atoms with Crippen molar-refractivity contribution in [2.45, 2.75) is 19.4 Å². The fourth-order valence-corrected chi connectivity index (χ4v) is 2.79. The van der Waals surface area contributed by atoms with Crippen molar-refractivity contribution in [1.29, 1.82) is 0 Å². The number of fused-ring (bicyclic) bond motifs is 1. The maximum atomic E-state index is 6.07. The van der Waals surface area contributed by atoms with Crippen LogP contribution in [0.25, 0.3) is 11.0 Å². The van der Waals surface area contributed by atoms with Gasteiger partial charge in [0, 0.05) is 23.9 Å². The van der Waals surface area contributed by atoms with E-state index in [2.05, 4.69) is 15.8 Å². The van der Waals surface area contributed by atoms with Crippen molar-refractivity contribution in [1.82, 2.24) is 9.55 Å². The van der Waals surface area contributed by atoms with Crippen molar-refractivity contribution in [2.75, 3.05) is 17.9 Å². The Morgan fingerprint density at radius 1 is 1.39 bits per heavy atom. The molecule has 18 heavy (non-hydrogen) atoms. The average molecular weight is 303 g/mol. The maximum absolute atomic E-state index is 6.07. The standard InChI is InChI=1S/C13H16Cl2N2S/c1-18-8-2-7-17-12-9-10(15)3-4-11(12)16-13(17)5-6-14/h3-4,9H,2,5-8H2,1H3. The number of aryl methyl sites for hydroxylation is 2. The Hall–Kier alpha value is -0.380. The van der Waals surface area contributed by atoms with E-state index in [9.17, 15) is 0 Å². The second kappa shape index (κ2) is 6.69. The van der Waals surface area contributed by atoms with Crippen LogP contribution in [-0.2, 0) is 13.0 Å². The van der Waals surface area contributed by atoms with Gasteiger partial charge in [-0.3, -0.25) is 0 Å². The highest BCUT2D eigenvalue weighted by Crippen LogP contribution is 2.22. The van der Waals surface area contributed by atoms with Gasteiger partial charge in [0.05, 0.1) is 11.0 Å². The van der Waals surface area contributed by atoms with Crippen molar-refractivity contribution in [3.05, 3.63) is 29.0 Å². The summed E-state index contributed by atoms with van der Waals surface area (Å²) in [4.78, 5) is 4.64. The van der Waals surface area contributed by atoms with Crippen molar-refractivity contribution >= 4 is 46.0 Å². The summed E-state index contributed by atoms with van der Waals surface area (Å²) >= 11 is 13.8. The van der Waals surface area contributed by atoms with Gasteiger partial charge in [-0.15, -0.1) is 11.6 Å². The zero-order valence-corrected chi connectivity index (χ0v) is 12.7. The highest BCUT2D eigenvalue weighted by Gasteiger charge is 2.10. The number of hydrogen-bond acceptors (Lipinski definition) is 2. The van der Waals surface area contributed by atoms with Gasteiger partial charge in [0.25, 0.3) is 0 Å². The Kier molecular flexibility index (Phi) is 5.22. The van der Waals surface area contributed by atoms with Crippen LogP contribution in [-0.4, -0.2) is 27.4 Å². The molecular formula is C13H16Cl2N2S. The number of aromatic nitrogens is 2. The van der Waals surface area contributed by atoms with E-state index in [0.29, 0.717) is 5.88 Å². The van der Waals surface area contributed by atoms with E-state index in [1.54, 1.807) is 0 Å². The third-order valence-corrected chi connectivity index (χ3v) is 3.96. The van der Waals surface area contributed by atoms with Gasteiger partial charge in [-0.1, -0.05) is 11.6 Å².